The van der Waals surface area contributed by atoms with E-state index in [4.69, 9.17) is 14.5 Å². The number of benzene rings is 1. The molecule has 2 saturated heterocycles. The fourth-order valence-corrected chi connectivity index (χ4v) is 4.38. The fourth-order valence-electron chi connectivity index (χ4n) is 4.38. The first-order valence-electron chi connectivity index (χ1n) is 10.8. The van der Waals surface area contributed by atoms with Gasteiger partial charge in [-0.3, -0.25) is 19.5 Å². The third-order valence-electron chi connectivity index (χ3n) is 6.32. The van der Waals surface area contributed by atoms with Crippen molar-refractivity contribution >= 4 is 29.3 Å². The summed E-state index contributed by atoms with van der Waals surface area (Å²) in [4.78, 5) is 37.4. The second kappa shape index (κ2) is 9.25. The van der Waals surface area contributed by atoms with Crippen molar-refractivity contribution in [2.24, 2.45) is 4.99 Å². The van der Waals surface area contributed by atoms with Gasteiger partial charge < -0.3 is 14.4 Å². The Morgan fingerprint density at radius 2 is 1.72 bits per heavy atom. The third kappa shape index (κ3) is 4.07. The number of methoxy groups -OCH3 is 2. The molecule has 3 heterocycles. The molecule has 1 aromatic carbocycles. The second-order valence-electron chi connectivity index (χ2n) is 8.18. The van der Waals surface area contributed by atoms with Crippen LogP contribution in [0.2, 0.25) is 0 Å². The molecule has 3 amide bonds. The van der Waals surface area contributed by atoms with Gasteiger partial charge in [0.25, 0.3) is 17.8 Å². The molecule has 0 aliphatic carbocycles. The average Bonchev–Trinajstić information content (AvgIpc) is 3.18. The maximum Gasteiger partial charge on any atom is 0.333 e. The van der Waals surface area contributed by atoms with Crippen molar-refractivity contribution in [3.05, 3.63) is 24.3 Å². The number of ether oxygens (including phenoxy) is 2. The summed E-state index contributed by atoms with van der Waals surface area (Å²) in [5.41, 5.74) is 1.18. The van der Waals surface area contributed by atoms with E-state index in [-0.39, 0.29) is 11.9 Å². The van der Waals surface area contributed by atoms with Gasteiger partial charge in [0, 0.05) is 53.1 Å². The first-order chi connectivity index (χ1) is 15.4. The SMILES string of the molecule is COCC[N+]1=C(CN2CCN(c3ccc(OC)cc3)CC2)N=C2C1C(=O)N(C)C(=O)N2C. The lowest BCUT2D eigenvalue weighted by molar-refractivity contribution is -0.538. The van der Waals surface area contributed by atoms with Crippen molar-refractivity contribution < 1.29 is 23.6 Å². The molecule has 0 spiro atoms. The summed E-state index contributed by atoms with van der Waals surface area (Å²) in [5, 5.41) is 0. The Kier molecular flexibility index (Phi) is 6.43. The molecular formula is C22H31N6O4+. The topological polar surface area (TPSA) is 80.9 Å². The van der Waals surface area contributed by atoms with Crippen LogP contribution in [0.3, 0.4) is 0 Å². The summed E-state index contributed by atoms with van der Waals surface area (Å²) in [6, 6.07) is 7.19. The normalized spacial score (nSPS) is 21.9. The number of fused-ring (bicyclic) bond motifs is 1. The van der Waals surface area contributed by atoms with Gasteiger partial charge in [-0.25, -0.2) is 9.37 Å². The van der Waals surface area contributed by atoms with E-state index in [1.54, 1.807) is 21.3 Å². The zero-order valence-electron chi connectivity index (χ0n) is 19.2. The standard InChI is InChI=1S/C22H31N6O4/c1-24-20-19(21(29)25(2)22(24)30)28(13-14-31-3)18(23-20)15-26-9-11-27(12-10-26)16-5-7-17(32-4)8-6-16/h5-8,19H,9-15H2,1-4H3/q+1. The molecule has 0 radical (unpaired) electrons. The molecule has 4 rings (SSSR count). The lowest BCUT2D eigenvalue weighted by atomic mass is 10.1. The molecule has 10 nitrogen and oxygen atoms in total. The van der Waals surface area contributed by atoms with Gasteiger partial charge in [-0.1, -0.05) is 0 Å². The Hall–Kier alpha value is -2.98. The quantitative estimate of drug-likeness (QED) is 0.560. The van der Waals surface area contributed by atoms with Crippen molar-refractivity contribution in [1.82, 2.24) is 14.7 Å². The highest BCUT2D eigenvalue weighted by Crippen LogP contribution is 2.22. The number of anilines is 1. The van der Waals surface area contributed by atoms with Crippen LogP contribution < -0.4 is 9.64 Å². The van der Waals surface area contributed by atoms with Gasteiger partial charge in [0.1, 0.15) is 18.8 Å². The number of carbonyl (C=O) groups excluding carboxylic acids is 2. The van der Waals surface area contributed by atoms with Gasteiger partial charge in [0.2, 0.25) is 0 Å². The van der Waals surface area contributed by atoms with Crippen LogP contribution in [0.5, 0.6) is 5.75 Å². The number of carbonyl (C=O) groups is 2. The van der Waals surface area contributed by atoms with Crippen molar-refractivity contribution in [2.75, 3.05) is 79.1 Å². The summed E-state index contributed by atoms with van der Waals surface area (Å²) >= 11 is 0. The molecule has 0 saturated carbocycles. The highest BCUT2D eigenvalue weighted by molar-refractivity contribution is 6.23. The van der Waals surface area contributed by atoms with Gasteiger partial charge in [-0.2, -0.15) is 0 Å². The van der Waals surface area contributed by atoms with Crippen molar-refractivity contribution in [3.8, 4) is 5.75 Å². The van der Waals surface area contributed by atoms with E-state index in [1.165, 1.54) is 22.5 Å². The number of urea groups is 1. The molecule has 3 aliphatic heterocycles. The van der Waals surface area contributed by atoms with Gasteiger partial charge in [-0.05, 0) is 29.3 Å². The highest BCUT2D eigenvalue weighted by atomic mass is 16.5. The Morgan fingerprint density at radius 3 is 2.34 bits per heavy atom. The van der Waals surface area contributed by atoms with Crippen LogP contribution in [-0.4, -0.2) is 123 Å². The van der Waals surface area contributed by atoms with E-state index < -0.39 is 6.04 Å². The lowest BCUT2D eigenvalue weighted by Gasteiger charge is -2.35. The van der Waals surface area contributed by atoms with Crippen LogP contribution in [-0.2, 0) is 9.53 Å². The molecule has 0 bridgehead atoms. The van der Waals surface area contributed by atoms with Crippen LogP contribution in [0, 0.1) is 0 Å². The molecule has 0 N–H and O–H groups in total. The van der Waals surface area contributed by atoms with E-state index >= 15 is 0 Å². The molecule has 3 aliphatic rings. The summed E-state index contributed by atoms with van der Waals surface area (Å²) in [7, 11) is 6.49. The summed E-state index contributed by atoms with van der Waals surface area (Å²) < 4.78 is 12.5. The number of aliphatic imine (C=N–C) groups is 1. The van der Waals surface area contributed by atoms with E-state index in [2.05, 4.69) is 21.9 Å². The predicted octanol–water partition coefficient (Wildman–Crippen LogP) is 0.179. The largest absolute Gasteiger partial charge is 0.497 e. The maximum atomic E-state index is 12.9. The first kappa shape index (κ1) is 22.2. The zero-order valence-corrected chi connectivity index (χ0v) is 19.2. The van der Waals surface area contributed by atoms with E-state index in [9.17, 15) is 9.59 Å². The van der Waals surface area contributed by atoms with Crippen LogP contribution in [0.25, 0.3) is 0 Å². The smallest absolute Gasteiger partial charge is 0.333 e. The van der Waals surface area contributed by atoms with Gasteiger partial charge in [-0.15, -0.1) is 0 Å². The highest BCUT2D eigenvalue weighted by Gasteiger charge is 2.53. The van der Waals surface area contributed by atoms with Crippen LogP contribution >= 0.6 is 0 Å². The number of hydrogen-bond donors (Lipinski definition) is 0. The number of hydrogen-bond acceptors (Lipinski definition) is 7. The zero-order chi connectivity index (χ0) is 22.8. The van der Waals surface area contributed by atoms with Crippen LogP contribution in [0.15, 0.2) is 29.3 Å². The van der Waals surface area contributed by atoms with Gasteiger partial charge in [0.15, 0.2) is 0 Å². The van der Waals surface area contributed by atoms with Crippen LogP contribution in [0.1, 0.15) is 0 Å². The minimum atomic E-state index is -0.576. The molecule has 32 heavy (non-hydrogen) atoms. The Morgan fingerprint density at radius 1 is 1.03 bits per heavy atom. The minimum Gasteiger partial charge on any atom is -0.497 e. The van der Waals surface area contributed by atoms with Crippen molar-refractivity contribution in [2.45, 2.75) is 6.04 Å². The molecule has 1 atom stereocenters. The molecule has 1 unspecified atom stereocenters. The molecule has 1 aromatic rings. The number of piperazine rings is 1. The molecular weight excluding hydrogens is 412 g/mol. The number of amides is 3. The summed E-state index contributed by atoms with van der Waals surface area (Å²) in [6.45, 7) is 5.20. The Labute approximate surface area is 188 Å². The number of likely N-dealkylation sites (N-methyl/N-ethyl adjacent to an activating group) is 2. The first-order valence-corrected chi connectivity index (χ1v) is 10.8. The van der Waals surface area contributed by atoms with Crippen molar-refractivity contribution in [1.29, 1.82) is 0 Å². The molecule has 2 fully saturated rings. The predicted molar refractivity (Wildman–Crippen MR) is 121 cm³/mol. The minimum absolute atomic E-state index is 0.248. The molecule has 172 valence electrons. The molecule has 0 aromatic heterocycles. The third-order valence-corrected chi connectivity index (χ3v) is 6.32. The number of rotatable bonds is 7. The van der Waals surface area contributed by atoms with Gasteiger partial charge in [0.05, 0.1) is 13.7 Å². The van der Waals surface area contributed by atoms with Crippen LogP contribution in [0.4, 0.5) is 10.5 Å². The second-order valence-corrected chi connectivity index (χ2v) is 8.18. The maximum absolute atomic E-state index is 12.9. The number of imide groups is 1. The van der Waals surface area contributed by atoms with Gasteiger partial charge >= 0.3 is 11.9 Å². The van der Waals surface area contributed by atoms with E-state index in [0.717, 1.165) is 37.8 Å². The summed E-state index contributed by atoms with van der Waals surface area (Å²) in [5.74, 6) is 1.91. The number of amidine groups is 2. The average molecular weight is 444 g/mol. The summed E-state index contributed by atoms with van der Waals surface area (Å²) in [6.07, 6.45) is 0. The Bertz CT molecular complexity index is 936. The number of nitrogens with zero attached hydrogens (tertiary/aromatic N) is 6. The fraction of sp³-hybridized carbons (Fsp3) is 0.545. The molecule has 10 heteroatoms. The monoisotopic (exact) mass is 443 g/mol. The van der Waals surface area contributed by atoms with Crippen molar-refractivity contribution in [3.63, 3.8) is 0 Å². The Balaban J connectivity index is 1.47. The van der Waals surface area contributed by atoms with E-state index in [1.807, 2.05) is 16.7 Å². The lowest BCUT2D eigenvalue weighted by Crippen LogP contribution is -2.61. The van der Waals surface area contributed by atoms with E-state index in [0.29, 0.717) is 25.5 Å².